The molecule has 8 nitrogen and oxygen atoms in total. The van der Waals surface area contributed by atoms with E-state index in [1.54, 1.807) is 12.1 Å². The number of carbonyl (C=O) groups excluding carboxylic acids is 2. The molecule has 0 aliphatic rings. The maximum atomic E-state index is 12.0. The van der Waals surface area contributed by atoms with Crippen LogP contribution in [0, 0.1) is 0 Å². The Bertz CT molecular complexity index is 929. The van der Waals surface area contributed by atoms with Crippen molar-refractivity contribution < 1.29 is 31.7 Å². The lowest BCUT2D eigenvalue weighted by Gasteiger charge is -2.18. The van der Waals surface area contributed by atoms with Gasteiger partial charge in [-0.2, -0.15) is 8.42 Å². The van der Waals surface area contributed by atoms with Gasteiger partial charge in [-0.1, -0.05) is 42.5 Å². The molecule has 2 aromatic carbocycles. The van der Waals surface area contributed by atoms with Gasteiger partial charge in [0.2, 0.25) is 0 Å². The third-order valence-corrected chi connectivity index (χ3v) is 4.42. The van der Waals surface area contributed by atoms with Gasteiger partial charge in [-0.25, -0.2) is 4.79 Å². The van der Waals surface area contributed by atoms with Gasteiger partial charge in [-0.3, -0.25) is 4.79 Å². The fourth-order valence-corrected chi connectivity index (χ4v) is 3.02. The van der Waals surface area contributed by atoms with Crippen molar-refractivity contribution in [3.05, 3.63) is 65.7 Å². The van der Waals surface area contributed by atoms with E-state index in [1.807, 2.05) is 30.3 Å². The Hall–Kier alpha value is -3.07. The zero-order chi connectivity index (χ0) is 21.3. The highest BCUT2D eigenvalue weighted by Gasteiger charge is 2.19. The molecule has 0 aliphatic heterocycles. The average molecular weight is 421 g/mol. The van der Waals surface area contributed by atoms with Crippen molar-refractivity contribution in [3.8, 4) is 5.75 Å². The Labute approximate surface area is 169 Å². The molecule has 2 rings (SSSR count). The van der Waals surface area contributed by atoms with Crippen molar-refractivity contribution in [3.63, 3.8) is 0 Å². The molecule has 2 aromatic rings. The molecule has 1 N–H and O–H groups in total. The van der Waals surface area contributed by atoms with E-state index < -0.39 is 28.1 Å². The van der Waals surface area contributed by atoms with Gasteiger partial charge in [0, 0.05) is 12.5 Å². The van der Waals surface area contributed by atoms with Gasteiger partial charge in [-0.05, 0) is 23.3 Å². The zero-order valence-electron chi connectivity index (χ0n) is 16.2. The lowest BCUT2D eigenvalue weighted by molar-refractivity contribution is -0.141. The van der Waals surface area contributed by atoms with Crippen LogP contribution in [0.2, 0.25) is 0 Å². The quantitative estimate of drug-likeness (QED) is 0.490. The maximum Gasteiger partial charge on any atom is 0.407 e. The normalized spacial score (nSPS) is 11.9. The molecule has 1 amide bonds. The molecule has 0 radical (unpaired) electrons. The Morgan fingerprint density at radius 2 is 1.79 bits per heavy atom. The van der Waals surface area contributed by atoms with E-state index >= 15 is 0 Å². The van der Waals surface area contributed by atoms with Crippen LogP contribution in [0.3, 0.4) is 0 Å². The number of esters is 1. The minimum atomic E-state index is -3.69. The predicted molar refractivity (Wildman–Crippen MR) is 106 cm³/mol. The number of carbonyl (C=O) groups is 2. The molecule has 0 saturated carbocycles. The Morgan fingerprint density at radius 1 is 1.07 bits per heavy atom. The van der Waals surface area contributed by atoms with Crippen molar-refractivity contribution in [1.82, 2.24) is 5.32 Å². The van der Waals surface area contributed by atoms with Crippen LogP contribution in [0.5, 0.6) is 5.75 Å². The largest absolute Gasteiger partial charge is 0.469 e. The van der Waals surface area contributed by atoms with Crippen molar-refractivity contribution in [1.29, 1.82) is 0 Å². The van der Waals surface area contributed by atoms with Crippen LogP contribution < -0.4 is 9.50 Å². The first kappa shape index (κ1) is 22.2. The Balaban J connectivity index is 2.03. The zero-order valence-corrected chi connectivity index (χ0v) is 17.0. The molecule has 0 aromatic heterocycles. The molecule has 0 bridgehead atoms. The second-order valence-corrected chi connectivity index (χ2v) is 7.85. The summed E-state index contributed by atoms with van der Waals surface area (Å²) >= 11 is 0. The molecular formula is C20H23NO7S. The highest BCUT2D eigenvalue weighted by molar-refractivity contribution is 7.86. The van der Waals surface area contributed by atoms with Crippen LogP contribution in [0.25, 0.3) is 0 Å². The molecule has 29 heavy (non-hydrogen) atoms. The van der Waals surface area contributed by atoms with Crippen LogP contribution in [0.1, 0.15) is 23.5 Å². The van der Waals surface area contributed by atoms with Crippen molar-refractivity contribution in [2.75, 3.05) is 19.9 Å². The van der Waals surface area contributed by atoms with Crippen LogP contribution in [0.4, 0.5) is 4.79 Å². The van der Waals surface area contributed by atoms with Crippen LogP contribution >= 0.6 is 0 Å². The molecule has 0 heterocycles. The smallest absolute Gasteiger partial charge is 0.407 e. The number of hydrogen-bond acceptors (Lipinski definition) is 7. The average Bonchev–Trinajstić information content (AvgIpc) is 2.69. The fourth-order valence-electron chi connectivity index (χ4n) is 2.57. The number of methoxy groups -OCH3 is 1. The van der Waals surface area contributed by atoms with Crippen molar-refractivity contribution in [2.24, 2.45) is 0 Å². The van der Waals surface area contributed by atoms with Crippen molar-refractivity contribution in [2.45, 2.75) is 18.9 Å². The van der Waals surface area contributed by atoms with E-state index in [9.17, 15) is 18.0 Å². The Morgan fingerprint density at radius 3 is 2.45 bits per heavy atom. The van der Waals surface area contributed by atoms with E-state index in [4.69, 9.17) is 13.7 Å². The molecule has 0 aliphatic carbocycles. The standard InChI is InChI=1S/C20H23NO7S/c1-26-19(22)12-17(16-9-6-10-18(11-16)28-29(2,24)25)13-21-20(23)27-14-15-7-4-3-5-8-15/h3-11,17H,12-14H2,1-2H3,(H,21,23). The first-order chi connectivity index (χ1) is 13.8. The van der Waals surface area contributed by atoms with Gasteiger partial charge in [-0.15, -0.1) is 0 Å². The monoisotopic (exact) mass is 421 g/mol. The van der Waals surface area contributed by atoms with E-state index in [-0.39, 0.29) is 25.3 Å². The lowest BCUT2D eigenvalue weighted by atomic mass is 9.95. The molecule has 156 valence electrons. The van der Waals surface area contributed by atoms with E-state index in [2.05, 4.69) is 5.32 Å². The van der Waals surface area contributed by atoms with E-state index in [1.165, 1.54) is 19.2 Å². The number of alkyl carbamates (subject to hydrolysis) is 1. The van der Waals surface area contributed by atoms with Gasteiger partial charge in [0.15, 0.2) is 0 Å². The highest BCUT2D eigenvalue weighted by atomic mass is 32.2. The highest BCUT2D eigenvalue weighted by Crippen LogP contribution is 2.24. The SMILES string of the molecule is COC(=O)CC(CNC(=O)OCc1ccccc1)c1cccc(OS(C)(=O)=O)c1. The predicted octanol–water partition coefficient (Wildman–Crippen LogP) is 2.60. The molecule has 0 fully saturated rings. The molecule has 1 atom stereocenters. The summed E-state index contributed by atoms with van der Waals surface area (Å²) in [4.78, 5) is 23.8. The third-order valence-electron chi connectivity index (χ3n) is 3.92. The first-order valence-electron chi connectivity index (χ1n) is 8.77. The van der Waals surface area contributed by atoms with E-state index in [0.29, 0.717) is 5.56 Å². The third kappa shape index (κ3) is 8.22. The topological polar surface area (TPSA) is 108 Å². The molecule has 0 saturated heterocycles. The van der Waals surface area contributed by atoms with Gasteiger partial charge in [0.25, 0.3) is 0 Å². The summed E-state index contributed by atoms with van der Waals surface area (Å²) in [6.45, 7) is 0.205. The Kier molecular flexibility index (Phi) is 8.02. The summed E-state index contributed by atoms with van der Waals surface area (Å²) in [6, 6.07) is 15.5. The summed E-state index contributed by atoms with van der Waals surface area (Å²) in [7, 11) is -2.42. The lowest BCUT2D eigenvalue weighted by Crippen LogP contribution is -2.30. The van der Waals surface area contributed by atoms with Gasteiger partial charge in [0.05, 0.1) is 19.8 Å². The van der Waals surface area contributed by atoms with Crippen LogP contribution in [0.15, 0.2) is 54.6 Å². The number of ether oxygens (including phenoxy) is 2. The van der Waals surface area contributed by atoms with Crippen LogP contribution in [-0.2, 0) is 31.0 Å². The summed E-state index contributed by atoms with van der Waals surface area (Å²) in [5.74, 6) is -0.815. The number of rotatable bonds is 9. The van der Waals surface area contributed by atoms with Gasteiger partial charge >= 0.3 is 22.2 Å². The van der Waals surface area contributed by atoms with Crippen molar-refractivity contribution >= 4 is 22.2 Å². The first-order valence-corrected chi connectivity index (χ1v) is 10.6. The molecular weight excluding hydrogens is 398 g/mol. The number of benzene rings is 2. The summed E-state index contributed by atoms with van der Waals surface area (Å²) in [5, 5.41) is 2.62. The van der Waals surface area contributed by atoms with Crippen LogP contribution in [-0.4, -0.2) is 40.4 Å². The summed E-state index contributed by atoms with van der Waals surface area (Å²) < 4.78 is 37.4. The number of nitrogens with one attached hydrogen (secondary N) is 1. The number of amides is 1. The molecule has 9 heteroatoms. The fraction of sp³-hybridized carbons (Fsp3) is 0.300. The summed E-state index contributed by atoms with van der Waals surface area (Å²) in [5.41, 5.74) is 1.46. The molecule has 0 spiro atoms. The van der Waals surface area contributed by atoms with Gasteiger partial charge in [0.1, 0.15) is 12.4 Å². The molecule has 1 unspecified atom stereocenters. The second kappa shape index (κ2) is 10.5. The minimum Gasteiger partial charge on any atom is -0.469 e. The van der Waals surface area contributed by atoms with Gasteiger partial charge < -0.3 is 19.0 Å². The maximum absolute atomic E-state index is 12.0. The minimum absolute atomic E-state index is 0.0161. The number of hydrogen-bond donors (Lipinski definition) is 1. The summed E-state index contributed by atoms with van der Waals surface area (Å²) in [6.07, 6.45) is 0.292. The second-order valence-electron chi connectivity index (χ2n) is 6.28. The van der Waals surface area contributed by atoms with E-state index in [0.717, 1.165) is 11.8 Å².